The van der Waals surface area contributed by atoms with Gasteiger partial charge in [-0.05, 0) is 76.9 Å². The molecule has 0 spiro atoms. The Bertz CT molecular complexity index is 2370. The quantitative estimate of drug-likeness (QED) is 0.185. The topological polar surface area (TPSA) is 72.8 Å². The van der Waals surface area contributed by atoms with Gasteiger partial charge in [-0.2, -0.15) is 0 Å². The number of phenols is 1. The Labute approximate surface area is 285 Å². The van der Waals surface area contributed by atoms with Gasteiger partial charge >= 0.3 is 0 Å². The minimum absolute atomic E-state index is 0.216. The second-order valence-corrected chi connectivity index (χ2v) is 12.7. The van der Waals surface area contributed by atoms with Crippen LogP contribution in [-0.2, 0) is 5.54 Å². The Morgan fingerprint density at radius 3 is 2.10 bits per heavy atom. The van der Waals surface area contributed by atoms with Crippen LogP contribution in [0.5, 0.6) is 5.75 Å². The van der Waals surface area contributed by atoms with Crippen LogP contribution in [0.25, 0.3) is 28.3 Å². The van der Waals surface area contributed by atoms with Crippen molar-refractivity contribution in [3.05, 3.63) is 203 Å². The molecule has 4 aromatic carbocycles. The molecule has 5 aromatic rings. The van der Waals surface area contributed by atoms with Gasteiger partial charge in [0, 0.05) is 40.2 Å². The van der Waals surface area contributed by atoms with Gasteiger partial charge in [-0.3, -0.25) is 4.99 Å². The van der Waals surface area contributed by atoms with Crippen molar-refractivity contribution in [1.82, 2.24) is 10.3 Å². The van der Waals surface area contributed by atoms with E-state index in [9.17, 15) is 5.11 Å². The molecule has 8 bridgehead atoms. The second kappa shape index (κ2) is 11.7. The highest BCUT2D eigenvalue weighted by Crippen LogP contribution is 2.41. The van der Waals surface area contributed by atoms with Crippen molar-refractivity contribution in [2.45, 2.75) is 12.0 Å². The molecule has 0 saturated carbocycles. The number of rotatable bonds is 4. The first kappa shape index (κ1) is 28.7. The number of fused-ring (bicyclic) bond motifs is 6. The Hall–Kier alpha value is -6.46. The second-order valence-electron chi connectivity index (χ2n) is 12.7. The number of hydrogen-bond acceptors (Lipinski definition) is 4. The summed E-state index contributed by atoms with van der Waals surface area (Å²) in [7, 11) is 0. The third-order valence-electron chi connectivity index (χ3n) is 9.46. The third kappa shape index (κ3) is 5.22. The largest absolute Gasteiger partial charge is 0.508 e. The van der Waals surface area contributed by atoms with Crippen molar-refractivity contribution in [3.63, 3.8) is 0 Å². The van der Waals surface area contributed by atoms with Gasteiger partial charge in [0.15, 0.2) is 0 Å². The summed E-state index contributed by atoms with van der Waals surface area (Å²) in [4.78, 5) is 14.3. The molecule has 5 nitrogen and oxygen atoms in total. The minimum atomic E-state index is -0.495. The molecule has 0 aliphatic carbocycles. The molecule has 5 heteroatoms. The number of nitrogens with zero attached hydrogens (tertiary/aromatic N) is 2. The van der Waals surface area contributed by atoms with E-state index in [1.807, 2.05) is 24.3 Å². The van der Waals surface area contributed by atoms with Crippen molar-refractivity contribution in [1.29, 1.82) is 0 Å². The van der Waals surface area contributed by atoms with Crippen LogP contribution in [0.4, 0.5) is 0 Å². The number of aromatic amines is 1. The van der Waals surface area contributed by atoms with Crippen LogP contribution in [0.3, 0.4) is 0 Å². The average molecular weight is 633 g/mol. The molecule has 234 valence electrons. The van der Waals surface area contributed by atoms with Gasteiger partial charge < -0.3 is 15.4 Å². The summed E-state index contributed by atoms with van der Waals surface area (Å²) >= 11 is 0. The van der Waals surface area contributed by atoms with Crippen molar-refractivity contribution in [3.8, 4) is 16.9 Å². The number of phenolic OH excluding ortho intramolecular Hbond substituents is 1. The first-order valence-electron chi connectivity index (χ1n) is 16.5. The van der Waals surface area contributed by atoms with E-state index in [-0.39, 0.29) is 5.75 Å². The fourth-order valence-electron chi connectivity index (χ4n) is 7.21. The van der Waals surface area contributed by atoms with E-state index < -0.39 is 5.54 Å². The third-order valence-corrected chi connectivity index (χ3v) is 9.46. The highest BCUT2D eigenvalue weighted by Gasteiger charge is 2.37. The van der Waals surface area contributed by atoms with Crippen molar-refractivity contribution >= 4 is 28.6 Å². The van der Waals surface area contributed by atoms with Gasteiger partial charge in [-0.1, -0.05) is 109 Å². The van der Waals surface area contributed by atoms with E-state index in [0.717, 1.165) is 73.3 Å². The van der Waals surface area contributed by atoms with E-state index in [1.165, 1.54) is 5.56 Å². The molecule has 0 saturated heterocycles. The number of allylic oxidation sites excluding steroid dienone is 6. The van der Waals surface area contributed by atoms with Crippen LogP contribution in [-0.4, -0.2) is 21.5 Å². The van der Waals surface area contributed by atoms with Crippen LogP contribution >= 0.6 is 0 Å². The van der Waals surface area contributed by atoms with E-state index in [0.29, 0.717) is 6.42 Å². The van der Waals surface area contributed by atoms with Crippen molar-refractivity contribution in [2.75, 3.05) is 0 Å². The Kier molecular flexibility index (Phi) is 6.83. The molecule has 0 amide bonds. The Morgan fingerprint density at radius 2 is 1.35 bits per heavy atom. The predicted octanol–water partition coefficient (Wildman–Crippen LogP) is 9.38. The lowest BCUT2D eigenvalue weighted by Gasteiger charge is -2.30. The SMILES string of the molecule is Oc1cccc(-c2cc3[nH]c2/C(c2ccccc2)=C2/C=CC(=N2)/C(c2ccccc2)=C2/C=CC(c4ccccc4)(CC4=N/C(=C\3)C=C4)N2)c1. The molecule has 1 unspecified atom stereocenters. The maximum absolute atomic E-state index is 10.5. The van der Waals surface area contributed by atoms with Gasteiger partial charge in [0.05, 0.1) is 28.3 Å². The fraction of sp³-hybridized carbons (Fsp3) is 0.0455. The first-order chi connectivity index (χ1) is 24.1. The van der Waals surface area contributed by atoms with Gasteiger partial charge in [0.25, 0.3) is 0 Å². The van der Waals surface area contributed by atoms with Crippen molar-refractivity contribution in [2.24, 2.45) is 9.98 Å². The van der Waals surface area contributed by atoms with Crippen LogP contribution in [0.15, 0.2) is 185 Å². The van der Waals surface area contributed by atoms with Gasteiger partial charge in [-0.15, -0.1) is 0 Å². The number of benzene rings is 4. The van der Waals surface area contributed by atoms with Crippen molar-refractivity contribution < 1.29 is 5.11 Å². The van der Waals surface area contributed by atoms with E-state index in [1.54, 1.807) is 12.1 Å². The fourth-order valence-corrected chi connectivity index (χ4v) is 7.21. The van der Waals surface area contributed by atoms with Crippen LogP contribution in [0.1, 0.15) is 34.5 Å². The molecule has 4 aliphatic heterocycles. The van der Waals surface area contributed by atoms with Crippen LogP contribution < -0.4 is 5.32 Å². The molecule has 49 heavy (non-hydrogen) atoms. The van der Waals surface area contributed by atoms with E-state index in [2.05, 4.69) is 138 Å². The molecular formula is C44H32N4O. The molecule has 3 N–H and O–H groups in total. The standard InChI is InChI=1S/C44H32N4O/c49-36-18-10-15-31(25-36)37-27-35-26-33-19-20-34(45-33)28-44(32-16-8-3-9-17-32)24-23-40(48-44)41(29-11-4-1-5-12-29)38-21-22-39(47-38)42(43(37)46-35)30-13-6-2-7-14-30/h1-27,46,48-49H,28H2/b33-26-,41-40-,42-39-. The minimum Gasteiger partial charge on any atom is -0.508 e. The molecule has 0 fully saturated rings. The van der Waals surface area contributed by atoms with Gasteiger partial charge in [0.1, 0.15) is 5.75 Å². The molecule has 5 heterocycles. The summed E-state index contributed by atoms with van der Waals surface area (Å²) in [5, 5.41) is 14.5. The Morgan fingerprint density at radius 1 is 0.633 bits per heavy atom. The number of nitrogens with one attached hydrogen (secondary N) is 2. The summed E-state index contributed by atoms with van der Waals surface area (Å²) in [6, 6.07) is 41.0. The Balaban J connectivity index is 1.34. The molecule has 0 radical (unpaired) electrons. The number of aromatic hydroxyl groups is 1. The smallest absolute Gasteiger partial charge is 0.116 e. The van der Waals surface area contributed by atoms with Crippen LogP contribution in [0.2, 0.25) is 0 Å². The molecule has 1 aromatic heterocycles. The first-order valence-corrected chi connectivity index (χ1v) is 16.5. The highest BCUT2D eigenvalue weighted by atomic mass is 16.3. The monoisotopic (exact) mass is 632 g/mol. The lowest BCUT2D eigenvalue weighted by molar-refractivity contribution is 0.475. The molecular weight excluding hydrogens is 601 g/mol. The van der Waals surface area contributed by atoms with Gasteiger partial charge in [0.2, 0.25) is 0 Å². The zero-order chi connectivity index (χ0) is 32.8. The maximum Gasteiger partial charge on any atom is 0.116 e. The number of hydrogen-bond donors (Lipinski definition) is 3. The molecule has 1 atom stereocenters. The lowest BCUT2D eigenvalue weighted by atomic mass is 9.86. The highest BCUT2D eigenvalue weighted by molar-refractivity contribution is 6.32. The summed E-state index contributed by atoms with van der Waals surface area (Å²) in [5.41, 5.74) is 13.1. The maximum atomic E-state index is 10.5. The molecule has 4 aliphatic rings. The predicted molar refractivity (Wildman–Crippen MR) is 200 cm³/mol. The van der Waals surface area contributed by atoms with Crippen LogP contribution in [0, 0.1) is 0 Å². The average Bonchev–Trinajstić information content (AvgIpc) is 3.96. The van der Waals surface area contributed by atoms with Gasteiger partial charge in [-0.25, -0.2) is 4.99 Å². The normalized spacial score (nSPS) is 23.2. The lowest BCUT2D eigenvalue weighted by Crippen LogP contribution is -2.38. The summed E-state index contributed by atoms with van der Waals surface area (Å²) < 4.78 is 0. The zero-order valence-electron chi connectivity index (χ0n) is 26.6. The summed E-state index contributed by atoms with van der Waals surface area (Å²) in [6.07, 6.45) is 15.7. The zero-order valence-corrected chi connectivity index (χ0v) is 26.6. The van der Waals surface area contributed by atoms with E-state index in [4.69, 9.17) is 9.98 Å². The number of H-pyrrole nitrogens is 1. The summed E-state index contributed by atoms with van der Waals surface area (Å²) in [5.74, 6) is 0.216. The number of aromatic nitrogens is 1. The van der Waals surface area contributed by atoms with E-state index >= 15 is 0 Å². The summed E-state index contributed by atoms with van der Waals surface area (Å²) in [6.45, 7) is 0. The number of aliphatic imine (C=N–C) groups is 2. The molecule has 9 rings (SSSR count).